The van der Waals surface area contributed by atoms with Crippen molar-refractivity contribution in [3.05, 3.63) is 0 Å². The van der Waals surface area contributed by atoms with Gasteiger partial charge in [-0.15, -0.1) is 0 Å². The summed E-state index contributed by atoms with van der Waals surface area (Å²) >= 11 is 0. The number of rotatable bonds is 4. The molecule has 3 unspecified atom stereocenters. The highest BCUT2D eigenvalue weighted by Crippen LogP contribution is 2.22. The standard InChI is InChI=1S/C14H26N2O3/c1-4-12(13(17)18)16(3)14(19)15-11-7-5-6-10(2)8-9-11/h10-12H,4-9H2,1-3H3,(H,15,19)(H,17,18). The van der Waals surface area contributed by atoms with Crippen LogP contribution < -0.4 is 5.32 Å². The Morgan fingerprint density at radius 1 is 1.32 bits per heavy atom. The number of hydrogen-bond acceptors (Lipinski definition) is 2. The van der Waals surface area contributed by atoms with Crippen LogP contribution in [0.2, 0.25) is 0 Å². The average molecular weight is 270 g/mol. The average Bonchev–Trinajstić information content (AvgIpc) is 2.54. The van der Waals surface area contributed by atoms with E-state index in [0.717, 1.165) is 31.6 Å². The lowest BCUT2D eigenvalue weighted by molar-refractivity contribution is -0.141. The van der Waals surface area contributed by atoms with Crippen LogP contribution in [-0.4, -0.2) is 41.1 Å². The molecule has 0 radical (unpaired) electrons. The SMILES string of the molecule is CCC(C(=O)O)N(C)C(=O)NC1CCCC(C)CC1. The Bertz CT molecular complexity index is 320. The maximum atomic E-state index is 12.1. The largest absolute Gasteiger partial charge is 0.480 e. The topological polar surface area (TPSA) is 69.6 Å². The quantitative estimate of drug-likeness (QED) is 0.771. The second-order valence-corrected chi connectivity index (χ2v) is 5.63. The van der Waals surface area contributed by atoms with Crippen molar-refractivity contribution in [3.63, 3.8) is 0 Å². The van der Waals surface area contributed by atoms with E-state index in [9.17, 15) is 9.59 Å². The number of carboxylic acid groups (broad SMARTS) is 1. The number of carbonyl (C=O) groups excluding carboxylic acids is 1. The summed E-state index contributed by atoms with van der Waals surface area (Å²) in [7, 11) is 1.55. The van der Waals surface area contributed by atoms with Crippen molar-refractivity contribution in [1.29, 1.82) is 0 Å². The second kappa shape index (κ2) is 7.36. The lowest BCUT2D eigenvalue weighted by Gasteiger charge is -2.26. The molecule has 0 aliphatic heterocycles. The van der Waals surface area contributed by atoms with Gasteiger partial charge in [0, 0.05) is 13.1 Å². The number of likely N-dealkylation sites (N-methyl/N-ethyl adjacent to an activating group) is 1. The number of carbonyl (C=O) groups is 2. The van der Waals surface area contributed by atoms with Gasteiger partial charge in [0.1, 0.15) is 6.04 Å². The maximum absolute atomic E-state index is 12.1. The van der Waals surface area contributed by atoms with Crippen LogP contribution in [0.25, 0.3) is 0 Å². The van der Waals surface area contributed by atoms with Crippen molar-refractivity contribution in [1.82, 2.24) is 10.2 Å². The number of urea groups is 1. The highest BCUT2D eigenvalue weighted by atomic mass is 16.4. The molecule has 1 aliphatic carbocycles. The Kier molecular flexibility index (Phi) is 6.12. The third-order valence-corrected chi connectivity index (χ3v) is 4.04. The van der Waals surface area contributed by atoms with Crippen LogP contribution in [0.3, 0.4) is 0 Å². The van der Waals surface area contributed by atoms with Crippen LogP contribution in [0, 0.1) is 5.92 Å². The fourth-order valence-electron chi connectivity index (χ4n) is 2.66. The first kappa shape index (κ1) is 15.8. The van der Waals surface area contributed by atoms with E-state index < -0.39 is 12.0 Å². The number of carboxylic acids is 1. The molecule has 5 heteroatoms. The summed E-state index contributed by atoms with van der Waals surface area (Å²) < 4.78 is 0. The van der Waals surface area contributed by atoms with Crippen molar-refractivity contribution in [2.75, 3.05) is 7.05 Å². The molecule has 1 saturated carbocycles. The van der Waals surface area contributed by atoms with E-state index in [1.165, 1.54) is 11.3 Å². The Morgan fingerprint density at radius 3 is 2.58 bits per heavy atom. The zero-order valence-corrected chi connectivity index (χ0v) is 12.2. The van der Waals surface area contributed by atoms with Crippen LogP contribution in [0.15, 0.2) is 0 Å². The van der Waals surface area contributed by atoms with Crippen LogP contribution in [-0.2, 0) is 4.79 Å². The number of amides is 2. The fraction of sp³-hybridized carbons (Fsp3) is 0.857. The molecule has 1 fully saturated rings. The zero-order valence-electron chi connectivity index (χ0n) is 12.2. The van der Waals surface area contributed by atoms with Crippen LogP contribution in [0.4, 0.5) is 4.79 Å². The van der Waals surface area contributed by atoms with Crippen LogP contribution in [0.5, 0.6) is 0 Å². The summed E-state index contributed by atoms with van der Waals surface area (Å²) in [6.07, 6.45) is 5.88. The molecule has 1 rings (SSSR count). The molecule has 2 N–H and O–H groups in total. The molecular weight excluding hydrogens is 244 g/mol. The van der Waals surface area contributed by atoms with Gasteiger partial charge in [0.15, 0.2) is 0 Å². The van der Waals surface area contributed by atoms with Gasteiger partial charge in [-0.25, -0.2) is 9.59 Å². The molecular formula is C14H26N2O3. The first-order valence-corrected chi connectivity index (χ1v) is 7.21. The van der Waals surface area contributed by atoms with Crippen molar-refractivity contribution in [2.45, 2.75) is 64.5 Å². The Labute approximate surface area is 115 Å². The van der Waals surface area contributed by atoms with Crippen LogP contribution >= 0.6 is 0 Å². The molecule has 0 heterocycles. The normalized spacial score (nSPS) is 25.2. The molecule has 0 aromatic heterocycles. The molecule has 110 valence electrons. The molecule has 2 amide bonds. The lowest BCUT2D eigenvalue weighted by atomic mass is 10.0. The first-order valence-electron chi connectivity index (χ1n) is 7.21. The Hall–Kier alpha value is -1.26. The van der Waals surface area contributed by atoms with Crippen molar-refractivity contribution in [3.8, 4) is 0 Å². The second-order valence-electron chi connectivity index (χ2n) is 5.63. The lowest BCUT2D eigenvalue weighted by Crippen LogP contribution is -2.49. The molecule has 0 bridgehead atoms. The van der Waals surface area contributed by atoms with Gasteiger partial charge >= 0.3 is 12.0 Å². The van der Waals surface area contributed by atoms with Gasteiger partial charge in [0.2, 0.25) is 0 Å². The molecule has 1 aliphatic rings. The number of nitrogens with zero attached hydrogens (tertiary/aromatic N) is 1. The fourth-order valence-corrected chi connectivity index (χ4v) is 2.66. The van der Waals surface area contributed by atoms with E-state index in [0.29, 0.717) is 6.42 Å². The number of nitrogens with one attached hydrogen (secondary N) is 1. The van der Waals surface area contributed by atoms with Gasteiger partial charge in [-0.3, -0.25) is 0 Å². The van der Waals surface area contributed by atoms with Gasteiger partial charge in [-0.1, -0.05) is 26.7 Å². The van der Waals surface area contributed by atoms with Gasteiger partial charge in [0.25, 0.3) is 0 Å². The molecule has 0 saturated heterocycles. The molecule has 5 nitrogen and oxygen atoms in total. The summed E-state index contributed by atoms with van der Waals surface area (Å²) in [5.41, 5.74) is 0. The third kappa shape index (κ3) is 4.73. The summed E-state index contributed by atoms with van der Waals surface area (Å²) in [6.45, 7) is 4.02. The van der Waals surface area contributed by atoms with E-state index >= 15 is 0 Å². The number of hydrogen-bond donors (Lipinski definition) is 2. The summed E-state index contributed by atoms with van der Waals surface area (Å²) in [4.78, 5) is 24.4. The van der Waals surface area contributed by atoms with Gasteiger partial charge in [-0.2, -0.15) is 0 Å². The third-order valence-electron chi connectivity index (χ3n) is 4.04. The van der Waals surface area contributed by atoms with E-state index in [1.54, 1.807) is 14.0 Å². The summed E-state index contributed by atoms with van der Waals surface area (Å²) in [5, 5.41) is 12.0. The van der Waals surface area contributed by atoms with Crippen molar-refractivity contribution < 1.29 is 14.7 Å². The van der Waals surface area contributed by atoms with E-state index in [4.69, 9.17) is 5.11 Å². The minimum atomic E-state index is -0.949. The van der Waals surface area contributed by atoms with E-state index in [2.05, 4.69) is 12.2 Å². The van der Waals surface area contributed by atoms with Gasteiger partial charge < -0.3 is 15.3 Å². The molecule has 3 atom stereocenters. The minimum Gasteiger partial charge on any atom is -0.480 e. The minimum absolute atomic E-state index is 0.186. The Balaban J connectivity index is 2.51. The maximum Gasteiger partial charge on any atom is 0.326 e. The van der Waals surface area contributed by atoms with E-state index in [-0.39, 0.29) is 12.1 Å². The van der Waals surface area contributed by atoms with Gasteiger partial charge in [-0.05, 0) is 31.6 Å². The highest BCUT2D eigenvalue weighted by Gasteiger charge is 2.26. The molecule has 19 heavy (non-hydrogen) atoms. The zero-order chi connectivity index (χ0) is 14.4. The van der Waals surface area contributed by atoms with Gasteiger partial charge in [0.05, 0.1) is 0 Å². The molecule has 0 spiro atoms. The first-order chi connectivity index (χ1) is 8.95. The molecule has 0 aromatic carbocycles. The predicted molar refractivity (Wildman–Crippen MR) is 74.0 cm³/mol. The van der Waals surface area contributed by atoms with E-state index in [1.807, 2.05) is 0 Å². The highest BCUT2D eigenvalue weighted by molar-refractivity contribution is 5.82. The Morgan fingerprint density at radius 2 is 2.00 bits per heavy atom. The summed E-state index contributed by atoms with van der Waals surface area (Å²) in [6, 6.07) is -0.829. The van der Waals surface area contributed by atoms with Crippen molar-refractivity contribution in [2.24, 2.45) is 5.92 Å². The predicted octanol–water partition coefficient (Wildman–Crippen LogP) is 2.46. The monoisotopic (exact) mass is 270 g/mol. The number of aliphatic carboxylic acids is 1. The van der Waals surface area contributed by atoms with Crippen molar-refractivity contribution >= 4 is 12.0 Å². The van der Waals surface area contributed by atoms with Crippen LogP contribution in [0.1, 0.15) is 52.4 Å². The molecule has 0 aromatic rings. The summed E-state index contributed by atoms with van der Waals surface area (Å²) in [5.74, 6) is -0.225. The smallest absolute Gasteiger partial charge is 0.326 e.